The molecule has 0 radical (unpaired) electrons. The second-order valence-corrected chi connectivity index (χ2v) is 6.45. The van der Waals surface area contributed by atoms with Crippen molar-refractivity contribution in [2.24, 2.45) is 0 Å². The van der Waals surface area contributed by atoms with Gasteiger partial charge < -0.3 is 5.11 Å². The third-order valence-corrected chi connectivity index (χ3v) is 4.90. The van der Waals surface area contributed by atoms with Crippen LogP contribution in [0.2, 0.25) is 0 Å². The average Bonchev–Trinajstić information content (AvgIpc) is 2.29. The maximum atomic E-state index is 12.2. The van der Waals surface area contributed by atoms with Crippen LogP contribution in [-0.2, 0) is 14.8 Å². The average molecular weight is 336 g/mol. The van der Waals surface area contributed by atoms with Crippen LogP contribution in [-0.4, -0.2) is 36.9 Å². The molecular formula is C11H14BrNO4S. The van der Waals surface area contributed by atoms with E-state index in [2.05, 4.69) is 15.9 Å². The van der Waals surface area contributed by atoms with Gasteiger partial charge >= 0.3 is 5.97 Å². The van der Waals surface area contributed by atoms with Gasteiger partial charge in [-0.05, 0) is 24.3 Å². The number of benzene rings is 1. The molecule has 0 spiro atoms. The molecular weight excluding hydrogens is 322 g/mol. The van der Waals surface area contributed by atoms with Gasteiger partial charge in [-0.25, -0.2) is 8.42 Å². The third kappa shape index (κ3) is 3.79. The Morgan fingerprint density at radius 3 is 2.33 bits per heavy atom. The quantitative estimate of drug-likeness (QED) is 0.861. The molecule has 0 aliphatic heterocycles. The Bertz CT molecular complexity index is 512. The highest BCUT2D eigenvalue weighted by Crippen LogP contribution is 2.18. The monoisotopic (exact) mass is 335 g/mol. The minimum Gasteiger partial charge on any atom is -0.481 e. The fraction of sp³-hybridized carbons (Fsp3) is 0.364. The van der Waals surface area contributed by atoms with E-state index in [0.717, 1.165) is 8.78 Å². The van der Waals surface area contributed by atoms with Gasteiger partial charge in [-0.15, -0.1) is 0 Å². The van der Waals surface area contributed by atoms with E-state index < -0.39 is 16.0 Å². The molecule has 7 heteroatoms. The molecule has 1 N–H and O–H groups in total. The third-order valence-electron chi connectivity index (χ3n) is 2.38. The summed E-state index contributed by atoms with van der Waals surface area (Å²) >= 11 is 3.23. The van der Waals surface area contributed by atoms with E-state index in [1.165, 1.54) is 12.1 Å². The Labute approximate surface area is 115 Å². The topological polar surface area (TPSA) is 74.7 Å². The number of carboxylic acids is 1. The maximum absolute atomic E-state index is 12.2. The SMILES string of the molecule is CCN(CCC(=O)O)S(=O)(=O)c1ccc(Br)cc1. The number of hydrogen-bond acceptors (Lipinski definition) is 3. The second-order valence-electron chi connectivity index (χ2n) is 3.59. The lowest BCUT2D eigenvalue weighted by Crippen LogP contribution is -2.32. The van der Waals surface area contributed by atoms with Crippen molar-refractivity contribution in [2.45, 2.75) is 18.2 Å². The lowest BCUT2D eigenvalue weighted by Gasteiger charge is -2.19. The van der Waals surface area contributed by atoms with Crippen molar-refractivity contribution in [1.82, 2.24) is 4.31 Å². The summed E-state index contributed by atoms with van der Waals surface area (Å²) in [6.07, 6.45) is -0.205. The summed E-state index contributed by atoms with van der Waals surface area (Å²) in [6.45, 7) is 1.90. The van der Waals surface area contributed by atoms with Crippen LogP contribution in [0.3, 0.4) is 0 Å². The minimum atomic E-state index is -3.61. The summed E-state index contributed by atoms with van der Waals surface area (Å²) in [7, 11) is -3.61. The van der Waals surface area contributed by atoms with Crippen LogP contribution in [0.5, 0.6) is 0 Å². The fourth-order valence-electron chi connectivity index (χ4n) is 1.42. The summed E-state index contributed by atoms with van der Waals surface area (Å²) in [6, 6.07) is 6.25. The van der Waals surface area contributed by atoms with E-state index in [4.69, 9.17) is 5.11 Å². The molecule has 0 fully saturated rings. The predicted molar refractivity (Wildman–Crippen MR) is 70.8 cm³/mol. The van der Waals surface area contributed by atoms with Crippen molar-refractivity contribution in [3.8, 4) is 0 Å². The Hall–Kier alpha value is -0.920. The molecule has 5 nitrogen and oxygen atoms in total. The number of carbonyl (C=O) groups is 1. The van der Waals surface area contributed by atoms with E-state index in [0.29, 0.717) is 0 Å². The van der Waals surface area contributed by atoms with Crippen LogP contribution in [0.1, 0.15) is 13.3 Å². The Balaban J connectivity index is 2.95. The highest BCUT2D eigenvalue weighted by atomic mass is 79.9. The second kappa shape index (κ2) is 6.31. The molecule has 0 bridgehead atoms. The van der Waals surface area contributed by atoms with Gasteiger partial charge in [0, 0.05) is 17.6 Å². The summed E-state index contributed by atoms with van der Waals surface area (Å²) in [5.74, 6) is -1.01. The standard InChI is InChI=1S/C11H14BrNO4S/c1-2-13(8-7-11(14)15)18(16,17)10-5-3-9(12)4-6-10/h3-6H,2,7-8H2,1H3,(H,14,15). The number of halogens is 1. The normalized spacial score (nSPS) is 11.7. The summed E-state index contributed by atoms with van der Waals surface area (Å²) < 4.78 is 26.4. The van der Waals surface area contributed by atoms with Gasteiger partial charge in [0.1, 0.15) is 0 Å². The molecule has 100 valence electrons. The molecule has 0 amide bonds. The molecule has 0 atom stereocenters. The van der Waals surface area contributed by atoms with Crippen molar-refractivity contribution in [3.05, 3.63) is 28.7 Å². The summed E-state index contributed by atoms with van der Waals surface area (Å²) in [4.78, 5) is 10.7. The lowest BCUT2D eigenvalue weighted by atomic mass is 10.4. The predicted octanol–water partition coefficient (Wildman–Crippen LogP) is 1.93. The van der Waals surface area contributed by atoms with Crippen LogP contribution < -0.4 is 0 Å². The van der Waals surface area contributed by atoms with Gasteiger partial charge in [-0.2, -0.15) is 4.31 Å². The Kier molecular flexibility index (Phi) is 5.30. The van der Waals surface area contributed by atoms with Gasteiger partial charge in [0.05, 0.1) is 11.3 Å². The molecule has 18 heavy (non-hydrogen) atoms. The molecule has 1 rings (SSSR count). The Morgan fingerprint density at radius 2 is 1.89 bits per heavy atom. The molecule has 1 aromatic rings. The number of nitrogens with zero attached hydrogens (tertiary/aromatic N) is 1. The van der Waals surface area contributed by atoms with Crippen LogP contribution in [0.4, 0.5) is 0 Å². The van der Waals surface area contributed by atoms with Crippen LogP contribution in [0.15, 0.2) is 33.6 Å². The number of sulfonamides is 1. The van der Waals surface area contributed by atoms with Gasteiger partial charge in [0.2, 0.25) is 10.0 Å². The number of hydrogen-bond donors (Lipinski definition) is 1. The molecule has 0 saturated carbocycles. The van der Waals surface area contributed by atoms with E-state index in [1.54, 1.807) is 19.1 Å². The van der Waals surface area contributed by atoms with Gasteiger partial charge in [0.15, 0.2) is 0 Å². The van der Waals surface area contributed by atoms with Crippen LogP contribution in [0.25, 0.3) is 0 Å². The molecule has 0 heterocycles. The van der Waals surface area contributed by atoms with Gasteiger partial charge in [0.25, 0.3) is 0 Å². The highest BCUT2D eigenvalue weighted by Gasteiger charge is 2.23. The van der Waals surface area contributed by atoms with Crippen molar-refractivity contribution in [2.75, 3.05) is 13.1 Å². The largest absolute Gasteiger partial charge is 0.481 e. The molecule has 0 aliphatic rings. The maximum Gasteiger partial charge on any atom is 0.304 e. The molecule has 0 saturated heterocycles. The molecule has 0 unspecified atom stereocenters. The summed E-state index contributed by atoms with van der Waals surface area (Å²) in [5, 5.41) is 8.60. The Morgan fingerprint density at radius 1 is 1.33 bits per heavy atom. The van der Waals surface area contributed by atoms with Gasteiger partial charge in [-0.3, -0.25) is 4.79 Å². The van der Waals surface area contributed by atoms with Crippen molar-refractivity contribution >= 4 is 31.9 Å². The van der Waals surface area contributed by atoms with Crippen LogP contribution in [0, 0.1) is 0 Å². The zero-order valence-electron chi connectivity index (χ0n) is 9.84. The van der Waals surface area contributed by atoms with Crippen molar-refractivity contribution in [1.29, 1.82) is 0 Å². The molecule has 0 aliphatic carbocycles. The molecule has 1 aromatic carbocycles. The van der Waals surface area contributed by atoms with Crippen LogP contribution >= 0.6 is 15.9 Å². The van der Waals surface area contributed by atoms with Crippen molar-refractivity contribution < 1.29 is 18.3 Å². The van der Waals surface area contributed by atoms with E-state index in [-0.39, 0.29) is 24.4 Å². The van der Waals surface area contributed by atoms with Gasteiger partial charge in [-0.1, -0.05) is 22.9 Å². The zero-order valence-corrected chi connectivity index (χ0v) is 12.2. The first kappa shape index (κ1) is 15.1. The first-order valence-corrected chi connectivity index (χ1v) is 7.58. The number of aliphatic carboxylic acids is 1. The van der Waals surface area contributed by atoms with E-state index in [9.17, 15) is 13.2 Å². The molecule has 0 aromatic heterocycles. The highest BCUT2D eigenvalue weighted by molar-refractivity contribution is 9.10. The number of carboxylic acid groups (broad SMARTS) is 1. The fourth-order valence-corrected chi connectivity index (χ4v) is 3.14. The summed E-state index contributed by atoms with van der Waals surface area (Å²) in [5.41, 5.74) is 0. The van der Waals surface area contributed by atoms with Crippen molar-refractivity contribution in [3.63, 3.8) is 0 Å². The zero-order chi connectivity index (χ0) is 13.8. The lowest BCUT2D eigenvalue weighted by molar-refractivity contribution is -0.137. The first-order chi connectivity index (χ1) is 8.37. The smallest absolute Gasteiger partial charge is 0.304 e. The van der Waals surface area contributed by atoms with E-state index in [1.807, 2.05) is 0 Å². The number of rotatable bonds is 6. The van der Waals surface area contributed by atoms with E-state index >= 15 is 0 Å². The minimum absolute atomic E-state index is 0.0236. The first-order valence-electron chi connectivity index (χ1n) is 5.35.